The van der Waals surface area contributed by atoms with E-state index in [2.05, 4.69) is 4.98 Å². The molecule has 0 amide bonds. The van der Waals surface area contributed by atoms with Crippen molar-refractivity contribution in [2.75, 3.05) is 0 Å². The van der Waals surface area contributed by atoms with Crippen molar-refractivity contribution >= 4 is 5.97 Å². The standard InChI is InChI=1S/C14H13NO2/c1-11-4-6-13(7-5-11)17-14(16)9-12-3-2-8-15-10-12/h2-8,10H,9H2,1H3. The van der Waals surface area contributed by atoms with Crippen LogP contribution < -0.4 is 4.74 Å². The van der Waals surface area contributed by atoms with Crippen molar-refractivity contribution in [2.45, 2.75) is 13.3 Å². The van der Waals surface area contributed by atoms with E-state index < -0.39 is 0 Å². The van der Waals surface area contributed by atoms with Gasteiger partial charge in [-0.05, 0) is 30.7 Å². The minimum absolute atomic E-state index is 0.238. The third-order valence-corrected chi connectivity index (χ3v) is 2.32. The molecule has 0 saturated heterocycles. The second kappa shape index (κ2) is 5.25. The largest absolute Gasteiger partial charge is 0.426 e. The normalized spacial score (nSPS) is 9.94. The number of benzene rings is 1. The Balaban J connectivity index is 1.96. The Kier molecular flexibility index (Phi) is 3.50. The Bertz CT molecular complexity index is 491. The molecular formula is C14H13NO2. The van der Waals surface area contributed by atoms with Gasteiger partial charge in [0.05, 0.1) is 6.42 Å². The fourth-order valence-electron chi connectivity index (χ4n) is 1.44. The fraction of sp³-hybridized carbons (Fsp3) is 0.143. The van der Waals surface area contributed by atoms with Crippen LogP contribution in [0, 0.1) is 6.92 Å². The summed E-state index contributed by atoms with van der Waals surface area (Å²) in [5, 5.41) is 0. The summed E-state index contributed by atoms with van der Waals surface area (Å²) >= 11 is 0. The molecule has 0 N–H and O–H groups in total. The van der Waals surface area contributed by atoms with E-state index >= 15 is 0 Å². The van der Waals surface area contributed by atoms with Crippen LogP contribution in [-0.2, 0) is 11.2 Å². The summed E-state index contributed by atoms with van der Waals surface area (Å²) in [6.07, 6.45) is 3.58. The summed E-state index contributed by atoms with van der Waals surface area (Å²) in [4.78, 5) is 15.6. The van der Waals surface area contributed by atoms with Gasteiger partial charge in [0.15, 0.2) is 0 Å². The minimum Gasteiger partial charge on any atom is -0.426 e. The Morgan fingerprint density at radius 2 is 2.00 bits per heavy atom. The number of ether oxygens (including phenoxy) is 1. The predicted molar refractivity (Wildman–Crippen MR) is 64.8 cm³/mol. The van der Waals surface area contributed by atoms with Crippen LogP contribution in [0.15, 0.2) is 48.8 Å². The molecule has 1 aromatic heterocycles. The molecular weight excluding hydrogens is 214 g/mol. The number of hydrogen-bond acceptors (Lipinski definition) is 3. The van der Waals surface area contributed by atoms with E-state index in [-0.39, 0.29) is 12.4 Å². The molecule has 0 atom stereocenters. The molecule has 0 fully saturated rings. The number of aryl methyl sites for hydroxylation is 1. The molecule has 2 aromatic rings. The lowest BCUT2D eigenvalue weighted by Gasteiger charge is -2.04. The third-order valence-electron chi connectivity index (χ3n) is 2.32. The second-order valence-electron chi connectivity index (χ2n) is 3.83. The molecule has 17 heavy (non-hydrogen) atoms. The van der Waals surface area contributed by atoms with Crippen LogP contribution in [-0.4, -0.2) is 11.0 Å². The van der Waals surface area contributed by atoms with Gasteiger partial charge in [-0.3, -0.25) is 9.78 Å². The first-order valence-electron chi connectivity index (χ1n) is 5.40. The lowest BCUT2D eigenvalue weighted by Crippen LogP contribution is -2.11. The van der Waals surface area contributed by atoms with Gasteiger partial charge in [0.1, 0.15) is 5.75 Å². The quantitative estimate of drug-likeness (QED) is 0.597. The predicted octanol–water partition coefficient (Wildman–Crippen LogP) is 2.54. The van der Waals surface area contributed by atoms with Gasteiger partial charge in [0.25, 0.3) is 0 Å². The van der Waals surface area contributed by atoms with E-state index in [1.165, 1.54) is 0 Å². The van der Waals surface area contributed by atoms with Crippen LogP contribution in [0.25, 0.3) is 0 Å². The molecule has 0 aliphatic carbocycles. The Hall–Kier alpha value is -2.16. The Labute approximate surface area is 100 Å². The maximum absolute atomic E-state index is 11.6. The highest BCUT2D eigenvalue weighted by Crippen LogP contribution is 2.12. The van der Waals surface area contributed by atoms with E-state index in [9.17, 15) is 4.79 Å². The number of carbonyl (C=O) groups excluding carboxylic acids is 1. The molecule has 2 rings (SSSR count). The zero-order valence-corrected chi connectivity index (χ0v) is 9.59. The highest BCUT2D eigenvalue weighted by Gasteiger charge is 2.05. The SMILES string of the molecule is Cc1ccc(OC(=O)Cc2cccnc2)cc1. The third kappa shape index (κ3) is 3.41. The number of hydrogen-bond donors (Lipinski definition) is 0. The molecule has 0 bridgehead atoms. The molecule has 0 aliphatic heterocycles. The van der Waals surface area contributed by atoms with Crippen LogP contribution in [0.1, 0.15) is 11.1 Å². The van der Waals surface area contributed by atoms with Gasteiger partial charge in [-0.1, -0.05) is 23.8 Å². The van der Waals surface area contributed by atoms with Crippen LogP contribution in [0.4, 0.5) is 0 Å². The zero-order chi connectivity index (χ0) is 12.1. The van der Waals surface area contributed by atoms with Crippen LogP contribution in [0.5, 0.6) is 5.75 Å². The summed E-state index contributed by atoms with van der Waals surface area (Å²) in [5.41, 5.74) is 1.99. The summed E-state index contributed by atoms with van der Waals surface area (Å²) in [6, 6.07) is 11.0. The first-order valence-corrected chi connectivity index (χ1v) is 5.40. The van der Waals surface area contributed by atoms with E-state index in [0.29, 0.717) is 5.75 Å². The topological polar surface area (TPSA) is 39.2 Å². The summed E-state index contributed by atoms with van der Waals surface area (Å²) < 4.78 is 5.21. The zero-order valence-electron chi connectivity index (χ0n) is 9.59. The maximum atomic E-state index is 11.6. The van der Waals surface area contributed by atoms with Gasteiger partial charge >= 0.3 is 5.97 Å². The maximum Gasteiger partial charge on any atom is 0.315 e. The number of rotatable bonds is 3. The number of nitrogens with zero attached hydrogens (tertiary/aromatic N) is 1. The Morgan fingerprint density at radius 1 is 1.24 bits per heavy atom. The smallest absolute Gasteiger partial charge is 0.315 e. The molecule has 1 heterocycles. The lowest BCUT2D eigenvalue weighted by molar-refractivity contribution is -0.133. The van der Waals surface area contributed by atoms with Crippen LogP contribution >= 0.6 is 0 Å². The average molecular weight is 227 g/mol. The number of aromatic nitrogens is 1. The number of pyridine rings is 1. The highest BCUT2D eigenvalue weighted by atomic mass is 16.5. The average Bonchev–Trinajstić information content (AvgIpc) is 2.33. The van der Waals surface area contributed by atoms with Gasteiger partial charge in [-0.25, -0.2) is 0 Å². The summed E-state index contributed by atoms with van der Waals surface area (Å²) in [5.74, 6) is 0.298. The van der Waals surface area contributed by atoms with Gasteiger partial charge in [0.2, 0.25) is 0 Å². The highest BCUT2D eigenvalue weighted by molar-refractivity contribution is 5.75. The van der Waals surface area contributed by atoms with Crippen molar-refractivity contribution in [3.8, 4) is 5.75 Å². The molecule has 86 valence electrons. The molecule has 0 aliphatic rings. The van der Waals surface area contributed by atoms with E-state index in [4.69, 9.17) is 4.74 Å². The van der Waals surface area contributed by atoms with Gasteiger partial charge in [0, 0.05) is 12.4 Å². The molecule has 0 unspecified atom stereocenters. The van der Waals surface area contributed by atoms with Crippen molar-refractivity contribution < 1.29 is 9.53 Å². The number of esters is 1. The monoisotopic (exact) mass is 227 g/mol. The minimum atomic E-state index is -0.276. The van der Waals surface area contributed by atoms with Crippen molar-refractivity contribution in [2.24, 2.45) is 0 Å². The molecule has 1 aromatic carbocycles. The molecule has 3 nitrogen and oxygen atoms in total. The van der Waals surface area contributed by atoms with Crippen LogP contribution in [0.2, 0.25) is 0 Å². The first-order chi connectivity index (χ1) is 8.24. The van der Waals surface area contributed by atoms with Gasteiger partial charge in [-0.2, -0.15) is 0 Å². The molecule has 3 heteroatoms. The van der Waals surface area contributed by atoms with E-state index in [0.717, 1.165) is 11.1 Å². The van der Waals surface area contributed by atoms with Gasteiger partial charge < -0.3 is 4.74 Å². The molecule has 0 saturated carbocycles. The van der Waals surface area contributed by atoms with Crippen molar-refractivity contribution in [1.29, 1.82) is 0 Å². The lowest BCUT2D eigenvalue weighted by atomic mass is 10.2. The van der Waals surface area contributed by atoms with Crippen molar-refractivity contribution in [1.82, 2.24) is 4.98 Å². The molecule has 0 spiro atoms. The first kappa shape index (κ1) is 11.3. The van der Waals surface area contributed by atoms with Crippen molar-refractivity contribution in [3.63, 3.8) is 0 Å². The fourth-order valence-corrected chi connectivity index (χ4v) is 1.44. The second-order valence-corrected chi connectivity index (χ2v) is 3.83. The summed E-state index contributed by atoms with van der Waals surface area (Å²) in [6.45, 7) is 1.99. The van der Waals surface area contributed by atoms with E-state index in [1.54, 1.807) is 30.6 Å². The Morgan fingerprint density at radius 3 is 2.65 bits per heavy atom. The number of carbonyl (C=O) groups is 1. The van der Waals surface area contributed by atoms with E-state index in [1.807, 2.05) is 25.1 Å². The molecule has 0 radical (unpaired) electrons. The summed E-state index contributed by atoms with van der Waals surface area (Å²) in [7, 11) is 0. The van der Waals surface area contributed by atoms with Crippen LogP contribution in [0.3, 0.4) is 0 Å². The van der Waals surface area contributed by atoms with Gasteiger partial charge in [-0.15, -0.1) is 0 Å². The van der Waals surface area contributed by atoms with Crippen molar-refractivity contribution in [3.05, 3.63) is 59.9 Å².